The first kappa shape index (κ1) is 15.1. The van der Waals surface area contributed by atoms with Crippen LogP contribution in [0.2, 0.25) is 0 Å². The molecular weight excluding hydrogens is 259 g/mol. The lowest BCUT2D eigenvalue weighted by molar-refractivity contribution is 0.0919. The van der Waals surface area contributed by atoms with Gasteiger partial charge in [0.1, 0.15) is 17.7 Å². The van der Waals surface area contributed by atoms with E-state index in [1.54, 1.807) is 19.2 Å². The van der Waals surface area contributed by atoms with Gasteiger partial charge in [0.2, 0.25) is 0 Å². The second-order valence-electron chi connectivity index (χ2n) is 5.32. The predicted molar refractivity (Wildman–Crippen MR) is 77.8 cm³/mol. The minimum Gasteiger partial charge on any atom is -0.488 e. The summed E-state index contributed by atoms with van der Waals surface area (Å²) < 4.78 is 24.8. The van der Waals surface area contributed by atoms with Crippen LogP contribution in [-0.2, 0) is 4.74 Å². The lowest BCUT2D eigenvalue weighted by Crippen LogP contribution is -2.40. The van der Waals surface area contributed by atoms with Crippen molar-refractivity contribution >= 4 is 5.69 Å². The number of methoxy groups -OCH3 is 1. The third-order valence-corrected chi connectivity index (χ3v) is 3.54. The van der Waals surface area contributed by atoms with Gasteiger partial charge in [0, 0.05) is 32.3 Å². The molecule has 112 valence electrons. The molecule has 1 aliphatic heterocycles. The van der Waals surface area contributed by atoms with E-state index in [-0.39, 0.29) is 18.0 Å². The molecule has 0 aromatic heterocycles. The van der Waals surface area contributed by atoms with E-state index in [1.807, 2.05) is 11.8 Å². The highest BCUT2D eigenvalue weighted by atomic mass is 19.1. The maximum Gasteiger partial charge on any atom is 0.150 e. The zero-order valence-corrected chi connectivity index (χ0v) is 12.1. The lowest BCUT2D eigenvalue weighted by atomic mass is 10.1. The SMILES string of the molecule is COCC(C)Oc1ccc(N2CCC(N)CC2)c(F)c1. The average Bonchev–Trinajstić information content (AvgIpc) is 2.40. The Kier molecular flexibility index (Phi) is 5.20. The smallest absolute Gasteiger partial charge is 0.150 e. The van der Waals surface area contributed by atoms with Gasteiger partial charge in [-0.3, -0.25) is 0 Å². The van der Waals surface area contributed by atoms with Crippen molar-refractivity contribution in [2.75, 3.05) is 31.7 Å². The molecule has 0 bridgehead atoms. The highest BCUT2D eigenvalue weighted by Crippen LogP contribution is 2.26. The van der Waals surface area contributed by atoms with Crippen LogP contribution >= 0.6 is 0 Å². The molecule has 1 aromatic rings. The zero-order chi connectivity index (χ0) is 14.5. The zero-order valence-electron chi connectivity index (χ0n) is 12.1. The number of hydrogen-bond acceptors (Lipinski definition) is 4. The number of benzene rings is 1. The summed E-state index contributed by atoms with van der Waals surface area (Å²) in [6.07, 6.45) is 1.71. The van der Waals surface area contributed by atoms with Crippen LogP contribution in [0.15, 0.2) is 18.2 Å². The van der Waals surface area contributed by atoms with Crippen LogP contribution in [0.25, 0.3) is 0 Å². The first-order valence-corrected chi connectivity index (χ1v) is 7.06. The van der Waals surface area contributed by atoms with Gasteiger partial charge in [-0.05, 0) is 31.9 Å². The van der Waals surface area contributed by atoms with Gasteiger partial charge >= 0.3 is 0 Å². The number of nitrogens with zero attached hydrogens (tertiary/aromatic N) is 1. The van der Waals surface area contributed by atoms with Crippen molar-refractivity contribution in [3.05, 3.63) is 24.0 Å². The number of rotatable bonds is 5. The fourth-order valence-electron chi connectivity index (χ4n) is 2.46. The summed E-state index contributed by atoms with van der Waals surface area (Å²) in [4.78, 5) is 2.04. The predicted octanol–water partition coefficient (Wildman–Crippen LogP) is 2.17. The van der Waals surface area contributed by atoms with E-state index in [0.29, 0.717) is 18.0 Å². The van der Waals surface area contributed by atoms with Crippen molar-refractivity contribution in [2.24, 2.45) is 5.73 Å². The second-order valence-corrected chi connectivity index (χ2v) is 5.32. The van der Waals surface area contributed by atoms with Crippen molar-refractivity contribution < 1.29 is 13.9 Å². The quantitative estimate of drug-likeness (QED) is 0.899. The maximum absolute atomic E-state index is 14.2. The fraction of sp³-hybridized carbons (Fsp3) is 0.600. The Morgan fingerprint density at radius 1 is 1.40 bits per heavy atom. The summed E-state index contributed by atoms with van der Waals surface area (Å²) in [7, 11) is 1.62. The van der Waals surface area contributed by atoms with E-state index in [9.17, 15) is 4.39 Å². The summed E-state index contributed by atoms with van der Waals surface area (Å²) in [6.45, 7) is 3.98. The molecule has 0 aliphatic carbocycles. The fourth-order valence-corrected chi connectivity index (χ4v) is 2.46. The summed E-state index contributed by atoms with van der Waals surface area (Å²) in [5, 5.41) is 0. The minimum absolute atomic E-state index is 0.0989. The van der Waals surface area contributed by atoms with Crippen LogP contribution in [0, 0.1) is 5.82 Å². The first-order valence-electron chi connectivity index (χ1n) is 7.06. The third kappa shape index (κ3) is 3.84. The van der Waals surface area contributed by atoms with Crippen LogP contribution in [0.1, 0.15) is 19.8 Å². The van der Waals surface area contributed by atoms with Crippen molar-refractivity contribution in [3.8, 4) is 5.75 Å². The number of hydrogen-bond donors (Lipinski definition) is 1. The minimum atomic E-state index is -0.248. The molecule has 2 rings (SSSR count). The van der Waals surface area contributed by atoms with Gasteiger partial charge in [-0.2, -0.15) is 0 Å². The average molecular weight is 282 g/mol. The molecule has 1 unspecified atom stereocenters. The van der Waals surface area contributed by atoms with Crippen LogP contribution in [-0.4, -0.2) is 39.0 Å². The Bertz CT molecular complexity index is 434. The monoisotopic (exact) mass is 282 g/mol. The van der Waals surface area contributed by atoms with E-state index in [2.05, 4.69) is 0 Å². The van der Waals surface area contributed by atoms with E-state index >= 15 is 0 Å². The summed E-state index contributed by atoms with van der Waals surface area (Å²) >= 11 is 0. The standard InChI is InChI=1S/C15H23FN2O2/c1-11(10-19-2)20-13-3-4-15(14(16)9-13)18-7-5-12(17)6-8-18/h3-4,9,11-12H,5-8,10,17H2,1-2H3. The van der Waals surface area contributed by atoms with E-state index in [4.69, 9.17) is 15.2 Å². The van der Waals surface area contributed by atoms with E-state index < -0.39 is 0 Å². The van der Waals surface area contributed by atoms with E-state index in [0.717, 1.165) is 25.9 Å². The first-order chi connectivity index (χ1) is 9.60. The van der Waals surface area contributed by atoms with Gasteiger partial charge < -0.3 is 20.1 Å². The molecule has 1 heterocycles. The second kappa shape index (κ2) is 6.90. The lowest BCUT2D eigenvalue weighted by Gasteiger charge is -2.32. The molecule has 0 amide bonds. The normalized spacial score (nSPS) is 18.1. The number of anilines is 1. The van der Waals surface area contributed by atoms with Gasteiger partial charge in [0.25, 0.3) is 0 Å². The molecule has 1 aromatic carbocycles. The molecule has 1 atom stereocenters. The van der Waals surface area contributed by atoms with Crippen molar-refractivity contribution in [3.63, 3.8) is 0 Å². The molecule has 5 heteroatoms. The Labute approximate surface area is 119 Å². The molecule has 1 saturated heterocycles. The molecule has 0 saturated carbocycles. The molecular formula is C15H23FN2O2. The highest BCUT2D eigenvalue weighted by molar-refractivity contribution is 5.51. The maximum atomic E-state index is 14.2. The van der Waals surface area contributed by atoms with E-state index in [1.165, 1.54) is 6.07 Å². The van der Waals surface area contributed by atoms with Gasteiger partial charge in [-0.25, -0.2) is 4.39 Å². The topological polar surface area (TPSA) is 47.7 Å². The largest absolute Gasteiger partial charge is 0.488 e. The Morgan fingerprint density at radius 3 is 2.70 bits per heavy atom. The number of nitrogens with two attached hydrogens (primary N) is 1. The molecule has 1 fully saturated rings. The van der Waals surface area contributed by atoms with Gasteiger partial charge in [-0.15, -0.1) is 0 Å². The molecule has 0 radical (unpaired) electrons. The van der Waals surface area contributed by atoms with Crippen molar-refractivity contribution in [2.45, 2.75) is 31.9 Å². The Hall–Kier alpha value is -1.33. The van der Waals surface area contributed by atoms with Crippen LogP contribution in [0.4, 0.5) is 10.1 Å². The summed E-state index contributed by atoms with van der Waals surface area (Å²) in [5.74, 6) is 0.284. The van der Waals surface area contributed by atoms with Gasteiger partial charge in [0.15, 0.2) is 0 Å². The van der Waals surface area contributed by atoms with Crippen molar-refractivity contribution in [1.82, 2.24) is 0 Å². The third-order valence-electron chi connectivity index (χ3n) is 3.54. The van der Waals surface area contributed by atoms with Crippen molar-refractivity contribution in [1.29, 1.82) is 0 Å². The highest BCUT2D eigenvalue weighted by Gasteiger charge is 2.19. The number of ether oxygens (including phenoxy) is 2. The summed E-state index contributed by atoms with van der Waals surface area (Å²) in [5.41, 5.74) is 6.50. The Balaban J connectivity index is 2.02. The number of piperidine rings is 1. The summed E-state index contributed by atoms with van der Waals surface area (Å²) in [6, 6.07) is 5.27. The molecule has 20 heavy (non-hydrogen) atoms. The molecule has 0 spiro atoms. The molecule has 4 nitrogen and oxygen atoms in total. The van der Waals surface area contributed by atoms with Crippen LogP contribution < -0.4 is 15.4 Å². The molecule has 1 aliphatic rings. The van der Waals surface area contributed by atoms with Gasteiger partial charge in [-0.1, -0.05) is 0 Å². The molecule has 2 N–H and O–H groups in total. The van der Waals surface area contributed by atoms with Crippen LogP contribution in [0.5, 0.6) is 5.75 Å². The number of halogens is 1. The Morgan fingerprint density at radius 2 is 2.10 bits per heavy atom. The van der Waals surface area contributed by atoms with Crippen LogP contribution in [0.3, 0.4) is 0 Å². The van der Waals surface area contributed by atoms with Gasteiger partial charge in [0.05, 0.1) is 12.3 Å².